The van der Waals surface area contributed by atoms with E-state index in [0.717, 1.165) is 0 Å². The monoisotopic (exact) mass is 161 g/mol. The summed E-state index contributed by atoms with van der Waals surface area (Å²) in [6, 6.07) is 5.13. The summed E-state index contributed by atoms with van der Waals surface area (Å²) in [4.78, 5) is 14.5. The van der Waals surface area contributed by atoms with Gasteiger partial charge < -0.3 is 5.73 Å². The number of rotatable bonds is 2. The maximum atomic E-state index is 10.6. The van der Waals surface area contributed by atoms with E-state index in [0.29, 0.717) is 11.3 Å². The second-order valence-electron chi connectivity index (χ2n) is 2.24. The van der Waals surface area contributed by atoms with Crippen LogP contribution in [0.25, 0.3) is 0 Å². The summed E-state index contributed by atoms with van der Waals surface area (Å²) in [5.41, 5.74) is 5.99. The Morgan fingerprint density at radius 2 is 2.42 bits per heavy atom. The van der Waals surface area contributed by atoms with E-state index in [1.807, 2.05) is 6.07 Å². The molecule has 0 saturated heterocycles. The van der Waals surface area contributed by atoms with Crippen LogP contribution < -0.4 is 5.73 Å². The van der Waals surface area contributed by atoms with Crippen molar-refractivity contribution in [3.8, 4) is 6.07 Å². The fourth-order valence-corrected chi connectivity index (χ4v) is 0.756. The van der Waals surface area contributed by atoms with Crippen LogP contribution in [0.2, 0.25) is 0 Å². The van der Waals surface area contributed by atoms with Crippen molar-refractivity contribution in [1.82, 2.24) is 4.98 Å². The van der Waals surface area contributed by atoms with Crippen molar-refractivity contribution in [2.45, 2.75) is 6.42 Å². The van der Waals surface area contributed by atoms with Gasteiger partial charge in [0.25, 0.3) is 0 Å². The molecular formula is C8H7N3O. The van der Waals surface area contributed by atoms with Crippen molar-refractivity contribution in [2.24, 2.45) is 5.73 Å². The highest BCUT2D eigenvalue weighted by Crippen LogP contribution is 1.99. The highest BCUT2D eigenvalue weighted by Gasteiger charge is 1.99. The van der Waals surface area contributed by atoms with Gasteiger partial charge in [-0.3, -0.25) is 9.78 Å². The van der Waals surface area contributed by atoms with Crippen LogP contribution in [-0.2, 0) is 6.42 Å². The Kier molecular flexibility index (Phi) is 2.38. The molecule has 1 aromatic rings. The lowest BCUT2D eigenvalue weighted by molar-refractivity contribution is 0.1000. The standard InChI is InChI=1S/C8H7N3O/c9-4-3-7-2-1-6(5-11-7)8(10)12/h1-2,5H,3H2,(H2,10,12). The molecule has 0 unspecified atom stereocenters. The molecule has 0 radical (unpaired) electrons. The van der Waals surface area contributed by atoms with Crippen LogP contribution in [0.4, 0.5) is 0 Å². The van der Waals surface area contributed by atoms with Gasteiger partial charge in [0.1, 0.15) is 0 Å². The molecule has 0 aliphatic heterocycles. The summed E-state index contributed by atoms with van der Waals surface area (Å²) in [5, 5.41) is 8.32. The molecule has 0 saturated carbocycles. The lowest BCUT2D eigenvalue weighted by Crippen LogP contribution is -2.11. The topological polar surface area (TPSA) is 79.8 Å². The number of hydrogen-bond acceptors (Lipinski definition) is 3. The number of aromatic nitrogens is 1. The summed E-state index contributed by atoms with van der Waals surface area (Å²) >= 11 is 0. The number of nitrogens with zero attached hydrogens (tertiary/aromatic N) is 2. The van der Waals surface area contributed by atoms with Crippen LogP contribution in [0.1, 0.15) is 16.1 Å². The normalized spacial score (nSPS) is 8.92. The van der Waals surface area contributed by atoms with E-state index in [1.54, 1.807) is 12.1 Å². The molecule has 1 heterocycles. The van der Waals surface area contributed by atoms with Crippen LogP contribution in [0, 0.1) is 11.3 Å². The second-order valence-corrected chi connectivity index (χ2v) is 2.24. The first-order valence-electron chi connectivity index (χ1n) is 3.35. The Morgan fingerprint density at radius 3 is 2.83 bits per heavy atom. The number of nitrogens with two attached hydrogens (primary N) is 1. The zero-order valence-electron chi connectivity index (χ0n) is 6.32. The fourth-order valence-electron chi connectivity index (χ4n) is 0.756. The molecule has 0 aliphatic carbocycles. The summed E-state index contributed by atoms with van der Waals surface area (Å²) in [6.45, 7) is 0. The number of hydrogen-bond donors (Lipinski definition) is 1. The van der Waals surface area contributed by atoms with Crippen LogP contribution in [0.3, 0.4) is 0 Å². The Hall–Kier alpha value is -1.89. The number of primary amides is 1. The summed E-state index contributed by atoms with van der Waals surface area (Å²) in [7, 11) is 0. The van der Waals surface area contributed by atoms with Gasteiger partial charge in [0.05, 0.1) is 23.7 Å². The lowest BCUT2D eigenvalue weighted by Gasteiger charge is -1.95. The number of nitriles is 1. The van der Waals surface area contributed by atoms with Gasteiger partial charge in [-0.25, -0.2) is 0 Å². The van der Waals surface area contributed by atoms with E-state index in [9.17, 15) is 4.79 Å². The van der Waals surface area contributed by atoms with Crippen molar-refractivity contribution in [2.75, 3.05) is 0 Å². The van der Waals surface area contributed by atoms with E-state index in [4.69, 9.17) is 11.0 Å². The molecule has 1 rings (SSSR count). The predicted octanol–water partition coefficient (Wildman–Crippen LogP) is 0.247. The molecule has 0 spiro atoms. The van der Waals surface area contributed by atoms with Gasteiger partial charge in [0, 0.05) is 6.20 Å². The van der Waals surface area contributed by atoms with Crippen molar-refractivity contribution >= 4 is 5.91 Å². The third kappa shape index (κ3) is 1.80. The Labute approximate surface area is 69.6 Å². The second kappa shape index (κ2) is 3.49. The zero-order valence-corrected chi connectivity index (χ0v) is 6.32. The van der Waals surface area contributed by atoms with Gasteiger partial charge in [-0.2, -0.15) is 5.26 Å². The first kappa shape index (κ1) is 8.21. The van der Waals surface area contributed by atoms with E-state index in [1.165, 1.54) is 6.20 Å². The Morgan fingerprint density at radius 1 is 1.67 bits per heavy atom. The largest absolute Gasteiger partial charge is 0.366 e. The van der Waals surface area contributed by atoms with Crippen molar-refractivity contribution in [1.29, 1.82) is 5.26 Å². The average molecular weight is 161 g/mol. The molecule has 1 amide bonds. The Bertz CT molecular complexity index is 323. The van der Waals surface area contributed by atoms with Gasteiger partial charge in [-0.1, -0.05) is 0 Å². The minimum atomic E-state index is -0.508. The molecule has 2 N–H and O–H groups in total. The van der Waals surface area contributed by atoms with Crippen LogP contribution >= 0.6 is 0 Å². The van der Waals surface area contributed by atoms with E-state index >= 15 is 0 Å². The van der Waals surface area contributed by atoms with Crippen molar-refractivity contribution in [3.63, 3.8) is 0 Å². The first-order valence-corrected chi connectivity index (χ1v) is 3.35. The lowest BCUT2D eigenvalue weighted by atomic mass is 10.2. The summed E-state index contributed by atoms with van der Waals surface area (Å²) < 4.78 is 0. The SMILES string of the molecule is N#CCc1ccc(C(N)=O)cn1. The smallest absolute Gasteiger partial charge is 0.250 e. The molecule has 0 atom stereocenters. The van der Waals surface area contributed by atoms with Gasteiger partial charge in [-0.15, -0.1) is 0 Å². The molecule has 60 valence electrons. The number of carbonyl (C=O) groups is 1. The molecule has 0 fully saturated rings. The molecule has 4 nitrogen and oxygen atoms in total. The molecule has 0 bridgehead atoms. The van der Waals surface area contributed by atoms with Crippen molar-refractivity contribution in [3.05, 3.63) is 29.6 Å². The number of amides is 1. The molecule has 0 aromatic carbocycles. The molecule has 1 aromatic heterocycles. The van der Waals surface area contributed by atoms with Crippen LogP contribution in [0.15, 0.2) is 18.3 Å². The third-order valence-electron chi connectivity index (χ3n) is 1.37. The van der Waals surface area contributed by atoms with E-state index < -0.39 is 5.91 Å². The zero-order chi connectivity index (χ0) is 8.97. The molecule has 12 heavy (non-hydrogen) atoms. The number of carbonyl (C=O) groups excluding carboxylic acids is 1. The molecular weight excluding hydrogens is 154 g/mol. The highest BCUT2D eigenvalue weighted by atomic mass is 16.1. The average Bonchev–Trinajstić information content (AvgIpc) is 2.06. The third-order valence-corrected chi connectivity index (χ3v) is 1.37. The maximum absolute atomic E-state index is 10.6. The highest BCUT2D eigenvalue weighted by molar-refractivity contribution is 5.92. The van der Waals surface area contributed by atoms with Crippen LogP contribution in [-0.4, -0.2) is 10.9 Å². The van der Waals surface area contributed by atoms with Gasteiger partial charge in [0.15, 0.2) is 0 Å². The minimum absolute atomic E-state index is 0.249. The maximum Gasteiger partial charge on any atom is 0.250 e. The van der Waals surface area contributed by atoms with Gasteiger partial charge >= 0.3 is 0 Å². The fraction of sp³-hybridized carbons (Fsp3) is 0.125. The molecule has 0 aliphatic rings. The predicted molar refractivity (Wildman–Crippen MR) is 42.1 cm³/mol. The Balaban J connectivity index is 2.87. The molecule has 4 heteroatoms. The van der Waals surface area contributed by atoms with Crippen LogP contribution in [0.5, 0.6) is 0 Å². The van der Waals surface area contributed by atoms with E-state index in [2.05, 4.69) is 4.98 Å². The quantitative estimate of drug-likeness (QED) is 0.674. The number of pyridine rings is 1. The first-order chi connectivity index (χ1) is 5.74. The van der Waals surface area contributed by atoms with Gasteiger partial charge in [0.2, 0.25) is 5.91 Å². The minimum Gasteiger partial charge on any atom is -0.366 e. The van der Waals surface area contributed by atoms with Crippen molar-refractivity contribution < 1.29 is 4.79 Å². The summed E-state index contributed by atoms with van der Waals surface area (Å²) in [5.74, 6) is -0.508. The summed E-state index contributed by atoms with van der Waals surface area (Å²) in [6.07, 6.45) is 1.62. The van der Waals surface area contributed by atoms with E-state index in [-0.39, 0.29) is 6.42 Å². The van der Waals surface area contributed by atoms with Gasteiger partial charge in [-0.05, 0) is 12.1 Å².